The van der Waals surface area contributed by atoms with Crippen molar-refractivity contribution < 1.29 is 14.5 Å². The Morgan fingerprint density at radius 3 is 2.62 bits per heavy atom. The molecule has 1 N–H and O–H groups in total. The molecule has 2 amide bonds. The predicted octanol–water partition coefficient (Wildman–Crippen LogP) is 0.600. The Bertz CT molecular complexity index is 812. The lowest BCUT2D eigenvalue weighted by Crippen LogP contribution is -3.13. The van der Waals surface area contributed by atoms with Crippen LogP contribution in [0.15, 0.2) is 42.5 Å². The summed E-state index contributed by atoms with van der Waals surface area (Å²) < 4.78 is 0. The van der Waals surface area contributed by atoms with Crippen LogP contribution < -0.4 is 4.90 Å². The fourth-order valence-corrected chi connectivity index (χ4v) is 4.67. The monoisotopic (exact) mass is 370 g/mol. The lowest BCUT2D eigenvalue weighted by molar-refractivity contribution is -0.917. The fraction of sp³-hybridized carbons (Fsp3) is 0.400. The van der Waals surface area contributed by atoms with Crippen LogP contribution in [0, 0.1) is 0 Å². The lowest BCUT2D eigenvalue weighted by Gasteiger charge is -2.33. The highest BCUT2D eigenvalue weighted by Gasteiger charge is 2.28. The van der Waals surface area contributed by atoms with E-state index in [4.69, 9.17) is 0 Å². The number of amides is 2. The highest BCUT2D eigenvalue weighted by molar-refractivity contribution is 8.00. The molecule has 2 saturated heterocycles. The van der Waals surface area contributed by atoms with Crippen molar-refractivity contribution in [3.05, 3.63) is 48.0 Å². The standard InChI is InChI=1S/C20H23N3O2S/c24-19(13-23-15-26-14-20(23)25)22-10-8-21(9-11-22)12-17-6-3-5-16-4-1-2-7-18(16)17/h1-7H,8-15H2/p+1. The van der Waals surface area contributed by atoms with Crippen molar-refractivity contribution in [3.63, 3.8) is 0 Å². The fourth-order valence-electron chi connectivity index (χ4n) is 3.77. The van der Waals surface area contributed by atoms with E-state index in [2.05, 4.69) is 42.5 Å². The zero-order valence-corrected chi connectivity index (χ0v) is 15.6. The third-order valence-corrected chi connectivity index (χ3v) is 6.24. The van der Waals surface area contributed by atoms with Gasteiger partial charge >= 0.3 is 0 Å². The molecule has 26 heavy (non-hydrogen) atoms. The summed E-state index contributed by atoms with van der Waals surface area (Å²) in [5.41, 5.74) is 1.37. The third kappa shape index (κ3) is 3.71. The van der Waals surface area contributed by atoms with Crippen molar-refractivity contribution >= 4 is 34.3 Å². The van der Waals surface area contributed by atoms with Gasteiger partial charge in [0.15, 0.2) is 0 Å². The van der Waals surface area contributed by atoms with Crippen LogP contribution in [0.4, 0.5) is 0 Å². The summed E-state index contributed by atoms with van der Waals surface area (Å²) in [6, 6.07) is 15.0. The molecule has 0 spiro atoms. The van der Waals surface area contributed by atoms with E-state index in [1.54, 1.807) is 16.7 Å². The number of hydrogen-bond donors (Lipinski definition) is 1. The molecule has 2 aromatic rings. The molecule has 2 aromatic carbocycles. The van der Waals surface area contributed by atoms with Gasteiger partial charge in [-0.2, -0.15) is 0 Å². The Morgan fingerprint density at radius 1 is 1.08 bits per heavy atom. The average molecular weight is 370 g/mol. The Kier molecular flexibility index (Phi) is 5.13. The van der Waals surface area contributed by atoms with Gasteiger partial charge in [0.2, 0.25) is 11.8 Å². The van der Waals surface area contributed by atoms with E-state index >= 15 is 0 Å². The van der Waals surface area contributed by atoms with Crippen LogP contribution >= 0.6 is 11.8 Å². The summed E-state index contributed by atoms with van der Waals surface area (Å²) in [5.74, 6) is 1.33. The Labute approximate surface area is 157 Å². The normalized spacial score (nSPS) is 18.7. The van der Waals surface area contributed by atoms with Gasteiger partial charge in [0.25, 0.3) is 0 Å². The molecule has 0 bridgehead atoms. The summed E-state index contributed by atoms with van der Waals surface area (Å²) in [6.45, 7) is 4.69. The maximum Gasteiger partial charge on any atom is 0.242 e. The first-order valence-electron chi connectivity index (χ1n) is 9.14. The van der Waals surface area contributed by atoms with Crippen LogP contribution in [0.5, 0.6) is 0 Å². The minimum absolute atomic E-state index is 0.0866. The van der Waals surface area contributed by atoms with Crippen molar-refractivity contribution in [2.75, 3.05) is 44.4 Å². The van der Waals surface area contributed by atoms with Crippen molar-refractivity contribution in [3.8, 4) is 0 Å². The summed E-state index contributed by atoms with van der Waals surface area (Å²) in [7, 11) is 0. The van der Waals surface area contributed by atoms with Crippen LogP contribution in [0.2, 0.25) is 0 Å². The maximum absolute atomic E-state index is 12.5. The molecule has 6 heteroatoms. The zero-order valence-electron chi connectivity index (χ0n) is 14.8. The number of thioether (sulfide) groups is 1. The van der Waals surface area contributed by atoms with Crippen LogP contribution in [-0.4, -0.2) is 66.0 Å². The molecule has 2 heterocycles. The molecular weight excluding hydrogens is 346 g/mol. The molecule has 2 aliphatic rings. The number of nitrogens with one attached hydrogen (secondary N) is 1. The molecule has 136 valence electrons. The number of carbonyl (C=O) groups is 2. The molecule has 4 rings (SSSR count). The number of piperazine rings is 1. The van der Waals surface area contributed by atoms with Gasteiger partial charge in [-0.25, -0.2) is 0 Å². The van der Waals surface area contributed by atoms with Crippen molar-refractivity contribution in [1.82, 2.24) is 9.80 Å². The number of quaternary nitrogens is 1. The predicted molar refractivity (Wildman–Crippen MR) is 104 cm³/mol. The smallest absolute Gasteiger partial charge is 0.242 e. The molecular formula is C20H24N3O2S+. The minimum Gasteiger partial charge on any atom is -0.330 e. The van der Waals surface area contributed by atoms with Gasteiger partial charge in [-0.15, -0.1) is 11.8 Å². The lowest BCUT2D eigenvalue weighted by atomic mass is 10.0. The highest BCUT2D eigenvalue weighted by atomic mass is 32.2. The van der Waals surface area contributed by atoms with Gasteiger partial charge in [0.1, 0.15) is 13.1 Å². The zero-order chi connectivity index (χ0) is 17.9. The van der Waals surface area contributed by atoms with Crippen LogP contribution in [0.1, 0.15) is 5.56 Å². The molecule has 0 saturated carbocycles. The van der Waals surface area contributed by atoms with Crippen molar-refractivity contribution in [2.24, 2.45) is 0 Å². The number of rotatable bonds is 4. The van der Waals surface area contributed by atoms with E-state index in [1.807, 2.05) is 4.90 Å². The average Bonchev–Trinajstić information content (AvgIpc) is 3.07. The summed E-state index contributed by atoms with van der Waals surface area (Å²) in [6.07, 6.45) is 0. The minimum atomic E-state index is 0.0866. The highest BCUT2D eigenvalue weighted by Crippen LogP contribution is 2.18. The van der Waals surface area contributed by atoms with Crippen LogP contribution in [-0.2, 0) is 16.1 Å². The summed E-state index contributed by atoms with van der Waals surface area (Å²) in [5, 5.41) is 2.61. The van der Waals surface area contributed by atoms with Crippen LogP contribution in [0.25, 0.3) is 10.8 Å². The number of carbonyl (C=O) groups excluding carboxylic acids is 2. The number of nitrogens with zero attached hydrogens (tertiary/aromatic N) is 2. The first kappa shape index (κ1) is 17.4. The van der Waals surface area contributed by atoms with Gasteiger partial charge in [0.05, 0.1) is 37.8 Å². The first-order valence-corrected chi connectivity index (χ1v) is 10.3. The largest absolute Gasteiger partial charge is 0.330 e. The van der Waals surface area contributed by atoms with Gasteiger partial charge in [-0.1, -0.05) is 42.5 Å². The SMILES string of the molecule is O=C(CN1CSCC1=O)N1CC[NH+](Cc2cccc3ccccc23)CC1. The van der Waals surface area contributed by atoms with Gasteiger partial charge < -0.3 is 14.7 Å². The number of hydrogen-bond acceptors (Lipinski definition) is 3. The molecule has 2 fully saturated rings. The van der Waals surface area contributed by atoms with E-state index in [-0.39, 0.29) is 18.4 Å². The molecule has 0 radical (unpaired) electrons. The van der Waals surface area contributed by atoms with Crippen molar-refractivity contribution in [2.45, 2.75) is 6.54 Å². The van der Waals surface area contributed by atoms with Gasteiger partial charge in [-0.3, -0.25) is 9.59 Å². The second kappa shape index (κ2) is 7.68. The Morgan fingerprint density at radius 2 is 1.85 bits per heavy atom. The molecule has 0 atom stereocenters. The van der Waals surface area contributed by atoms with Crippen molar-refractivity contribution in [1.29, 1.82) is 0 Å². The first-order chi connectivity index (χ1) is 12.7. The van der Waals surface area contributed by atoms with E-state index in [0.29, 0.717) is 11.6 Å². The van der Waals surface area contributed by atoms with Gasteiger partial charge in [-0.05, 0) is 10.8 Å². The second-order valence-corrected chi connectivity index (χ2v) is 7.97. The summed E-state index contributed by atoms with van der Waals surface area (Å²) in [4.78, 5) is 29.2. The van der Waals surface area contributed by atoms with E-state index in [1.165, 1.54) is 21.2 Å². The molecule has 0 unspecified atom stereocenters. The summed E-state index contributed by atoms with van der Waals surface area (Å²) >= 11 is 1.58. The quantitative estimate of drug-likeness (QED) is 0.857. The molecule has 0 aromatic heterocycles. The van der Waals surface area contributed by atoms with E-state index in [0.717, 1.165) is 32.7 Å². The molecule has 5 nitrogen and oxygen atoms in total. The number of benzene rings is 2. The van der Waals surface area contributed by atoms with Gasteiger partial charge in [0, 0.05) is 5.56 Å². The van der Waals surface area contributed by atoms with E-state index in [9.17, 15) is 9.59 Å². The Hall–Kier alpha value is -2.05. The molecule has 2 aliphatic heterocycles. The topological polar surface area (TPSA) is 45.1 Å². The third-order valence-electron chi connectivity index (χ3n) is 5.30. The molecule has 0 aliphatic carbocycles. The van der Waals surface area contributed by atoms with Crippen LogP contribution in [0.3, 0.4) is 0 Å². The Balaban J connectivity index is 1.33. The van der Waals surface area contributed by atoms with E-state index < -0.39 is 0 Å². The second-order valence-electron chi connectivity index (χ2n) is 7.02. The number of fused-ring (bicyclic) bond motifs is 1. The maximum atomic E-state index is 12.5.